The van der Waals surface area contributed by atoms with Crippen LogP contribution in [0.3, 0.4) is 0 Å². The van der Waals surface area contributed by atoms with Crippen LogP contribution in [0.4, 0.5) is 15.8 Å². The van der Waals surface area contributed by atoms with Crippen molar-refractivity contribution in [2.24, 2.45) is 5.41 Å². The maximum Gasteiger partial charge on any atom is 0.139 e. The van der Waals surface area contributed by atoms with Crippen LogP contribution in [0, 0.1) is 21.7 Å². The summed E-state index contributed by atoms with van der Waals surface area (Å²) in [5.74, 6) is -0.356. The second kappa shape index (κ2) is 8.12. The largest absolute Gasteiger partial charge is 0.396 e. The lowest BCUT2D eigenvalue weighted by molar-refractivity contribution is 0.0278. The fourth-order valence-electron chi connectivity index (χ4n) is 2.03. The van der Waals surface area contributed by atoms with Crippen molar-refractivity contribution in [3.05, 3.63) is 55.8 Å². The van der Waals surface area contributed by atoms with Gasteiger partial charge in [0.05, 0.1) is 29.1 Å². The summed E-state index contributed by atoms with van der Waals surface area (Å²) in [6.45, 7) is 6.11. The topological polar surface area (TPSA) is 32.7 Å². The van der Waals surface area contributed by atoms with Gasteiger partial charge in [-0.25, -0.2) is 9.45 Å². The normalized spacial score (nSPS) is 11.6. The number of aryl methyl sites for hydroxylation is 1. The maximum absolute atomic E-state index is 14.0. The van der Waals surface area contributed by atoms with Crippen molar-refractivity contribution in [2.45, 2.75) is 20.8 Å². The van der Waals surface area contributed by atoms with Gasteiger partial charge in [0, 0.05) is 15.1 Å². The van der Waals surface area contributed by atoms with Gasteiger partial charge in [0.15, 0.2) is 0 Å². The first-order valence-corrected chi connectivity index (χ1v) is 9.36. The van der Waals surface area contributed by atoms with Crippen LogP contribution in [0.2, 0.25) is 0 Å². The molecule has 1 N–H and O–H groups in total. The van der Waals surface area contributed by atoms with Crippen molar-refractivity contribution in [1.29, 1.82) is 0 Å². The molecule has 2 rings (SSSR count). The summed E-state index contributed by atoms with van der Waals surface area (Å²) in [7, 11) is 0. The van der Waals surface area contributed by atoms with Gasteiger partial charge in [0.1, 0.15) is 5.82 Å². The highest BCUT2D eigenvalue weighted by atomic mass is 127. The standard InChI is InChI=1S/C18H20BrFINO2/c1-12-8-13(21)4-7-17(12)22(24-11-18(2,3)10-23)14-5-6-15(19)16(20)9-14/h4-9,23H,10-11H2,1-3H3. The lowest BCUT2D eigenvalue weighted by Crippen LogP contribution is -2.29. The molecule has 0 saturated carbocycles. The van der Waals surface area contributed by atoms with Gasteiger partial charge in [-0.2, -0.15) is 0 Å². The molecule has 0 amide bonds. The molecule has 0 aliphatic carbocycles. The number of nitrogens with zero attached hydrogens (tertiary/aromatic N) is 1. The molecule has 2 aromatic carbocycles. The lowest BCUT2D eigenvalue weighted by Gasteiger charge is -2.30. The highest BCUT2D eigenvalue weighted by molar-refractivity contribution is 14.1. The minimum atomic E-state index is -0.400. The van der Waals surface area contributed by atoms with Gasteiger partial charge >= 0.3 is 0 Å². The summed E-state index contributed by atoms with van der Waals surface area (Å²) >= 11 is 5.42. The number of benzene rings is 2. The Hall–Kier alpha value is -0.700. The molecular formula is C18H20BrFINO2. The van der Waals surface area contributed by atoms with Crippen LogP contribution in [-0.2, 0) is 4.84 Å². The first kappa shape index (κ1) is 19.6. The van der Waals surface area contributed by atoms with E-state index in [1.807, 2.05) is 39.0 Å². The van der Waals surface area contributed by atoms with Crippen molar-refractivity contribution in [3.8, 4) is 0 Å². The van der Waals surface area contributed by atoms with Gasteiger partial charge in [-0.05, 0) is 81.3 Å². The lowest BCUT2D eigenvalue weighted by atomic mass is 9.97. The van der Waals surface area contributed by atoms with Gasteiger partial charge in [-0.15, -0.1) is 0 Å². The molecule has 24 heavy (non-hydrogen) atoms. The number of hydrogen-bond donors (Lipinski definition) is 1. The summed E-state index contributed by atoms with van der Waals surface area (Å²) in [6.07, 6.45) is 0. The number of halogens is 3. The van der Waals surface area contributed by atoms with Crippen molar-refractivity contribution in [1.82, 2.24) is 0 Å². The van der Waals surface area contributed by atoms with E-state index in [9.17, 15) is 9.50 Å². The molecule has 0 unspecified atom stereocenters. The molecule has 0 aromatic heterocycles. The third-order valence-corrected chi connectivity index (χ3v) is 4.84. The van der Waals surface area contributed by atoms with E-state index in [4.69, 9.17) is 4.84 Å². The van der Waals surface area contributed by atoms with E-state index < -0.39 is 5.41 Å². The fraction of sp³-hybridized carbons (Fsp3) is 0.333. The Balaban J connectivity index is 2.42. The summed E-state index contributed by atoms with van der Waals surface area (Å²) in [5.41, 5.74) is 2.05. The Morgan fingerprint density at radius 3 is 2.54 bits per heavy atom. The molecule has 0 atom stereocenters. The van der Waals surface area contributed by atoms with Gasteiger partial charge in [0.25, 0.3) is 0 Å². The number of anilines is 2. The monoisotopic (exact) mass is 507 g/mol. The van der Waals surface area contributed by atoms with Gasteiger partial charge in [0.2, 0.25) is 0 Å². The predicted octanol–water partition coefficient (Wildman–Crippen LogP) is 5.59. The van der Waals surface area contributed by atoms with E-state index in [1.54, 1.807) is 17.2 Å². The molecule has 0 heterocycles. The number of hydrogen-bond acceptors (Lipinski definition) is 3. The summed E-state index contributed by atoms with van der Waals surface area (Å²) in [4.78, 5) is 5.97. The number of rotatable bonds is 6. The summed E-state index contributed by atoms with van der Waals surface area (Å²) in [5, 5.41) is 11.1. The average molecular weight is 508 g/mol. The minimum Gasteiger partial charge on any atom is -0.396 e. The van der Waals surface area contributed by atoms with E-state index in [1.165, 1.54) is 6.07 Å². The van der Waals surface area contributed by atoms with E-state index >= 15 is 0 Å². The second-order valence-electron chi connectivity index (χ2n) is 6.42. The molecular weight excluding hydrogens is 488 g/mol. The molecule has 0 aliphatic heterocycles. The first-order chi connectivity index (χ1) is 11.2. The highest BCUT2D eigenvalue weighted by Crippen LogP contribution is 2.33. The van der Waals surface area contributed by atoms with Crippen molar-refractivity contribution < 1.29 is 14.3 Å². The van der Waals surface area contributed by atoms with Gasteiger partial charge < -0.3 is 5.11 Å². The smallest absolute Gasteiger partial charge is 0.139 e. The zero-order chi connectivity index (χ0) is 17.9. The minimum absolute atomic E-state index is 0.00120. The zero-order valence-electron chi connectivity index (χ0n) is 13.8. The Labute approximate surface area is 164 Å². The highest BCUT2D eigenvalue weighted by Gasteiger charge is 2.22. The summed E-state index contributed by atoms with van der Waals surface area (Å²) in [6, 6.07) is 10.8. The Kier molecular flexibility index (Phi) is 6.64. The fourth-order valence-corrected chi connectivity index (χ4v) is 2.92. The van der Waals surface area contributed by atoms with E-state index in [0.29, 0.717) is 16.8 Å². The van der Waals surface area contributed by atoms with Gasteiger partial charge in [-0.3, -0.25) is 4.84 Å². The predicted molar refractivity (Wildman–Crippen MR) is 107 cm³/mol. The van der Waals surface area contributed by atoms with Crippen LogP contribution >= 0.6 is 38.5 Å². The molecule has 0 bridgehead atoms. The van der Waals surface area contributed by atoms with Crippen molar-refractivity contribution in [2.75, 3.05) is 18.3 Å². The second-order valence-corrected chi connectivity index (χ2v) is 8.52. The van der Waals surface area contributed by atoms with Gasteiger partial charge in [-0.1, -0.05) is 13.8 Å². The quantitative estimate of drug-likeness (QED) is 0.408. The molecule has 0 aliphatic rings. The van der Waals surface area contributed by atoms with Crippen LogP contribution in [0.15, 0.2) is 40.9 Å². The average Bonchev–Trinajstić information content (AvgIpc) is 2.52. The summed E-state index contributed by atoms with van der Waals surface area (Å²) < 4.78 is 15.5. The molecule has 0 spiro atoms. The first-order valence-electron chi connectivity index (χ1n) is 7.48. The Morgan fingerprint density at radius 1 is 1.25 bits per heavy atom. The van der Waals surface area contributed by atoms with Crippen LogP contribution < -0.4 is 5.06 Å². The molecule has 0 fully saturated rings. The maximum atomic E-state index is 14.0. The van der Waals surface area contributed by atoms with Crippen LogP contribution in [-0.4, -0.2) is 18.3 Å². The SMILES string of the molecule is Cc1cc(I)ccc1N(OCC(C)(C)CO)c1ccc(Br)c(F)c1. The van der Waals surface area contributed by atoms with E-state index in [2.05, 4.69) is 38.5 Å². The Morgan fingerprint density at radius 2 is 1.96 bits per heavy atom. The molecule has 0 saturated heterocycles. The molecule has 6 heteroatoms. The molecule has 2 aromatic rings. The number of aliphatic hydroxyl groups excluding tert-OH is 1. The zero-order valence-corrected chi connectivity index (χ0v) is 17.6. The van der Waals surface area contributed by atoms with E-state index in [0.717, 1.165) is 14.8 Å². The van der Waals surface area contributed by atoms with E-state index in [-0.39, 0.29) is 12.4 Å². The molecule has 3 nitrogen and oxygen atoms in total. The van der Waals surface area contributed by atoms with Crippen LogP contribution in [0.5, 0.6) is 0 Å². The van der Waals surface area contributed by atoms with Crippen molar-refractivity contribution >= 4 is 49.9 Å². The molecule has 0 radical (unpaired) electrons. The third kappa shape index (κ3) is 4.91. The van der Waals surface area contributed by atoms with Crippen LogP contribution in [0.1, 0.15) is 19.4 Å². The van der Waals surface area contributed by atoms with Crippen LogP contribution in [0.25, 0.3) is 0 Å². The Bertz CT molecular complexity index is 724. The number of aliphatic hydroxyl groups is 1. The van der Waals surface area contributed by atoms with Crippen molar-refractivity contribution in [3.63, 3.8) is 0 Å². The third-order valence-electron chi connectivity index (χ3n) is 3.53. The molecule has 130 valence electrons.